The molecule has 0 atom stereocenters. The van der Waals surface area contributed by atoms with Gasteiger partial charge in [-0.25, -0.2) is 0 Å². The van der Waals surface area contributed by atoms with Gasteiger partial charge in [-0.3, -0.25) is 14.9 Å². The molecule has 0 N–H and O–H groups in total. The summed E-state index contributed by atoms with van der Waals surface area (Å²) in [6, 6.07) is 4.66. The maximum Gasteiger partial charge on any atom is 0.274 e. The van der Waals surface area contributed by atoms with E-state index in [0.29, 0.717) is 17.7 Å². The molecule has 0 saturated heterocycles. The molecule has 0 bridgehead atoms. The van der Waals surface area contributed by atoms with Crippen LogP contribution in [0.1, 0.15) is 5.56 Å². The average molecular weight is 194 g/mol. The van der Waals surface area contributed by atoms with Crippen molar-refractivity contribution in [2.45, 2.75) is 6.92 Å². The zero-order valence-corrected chi connectivity index (χ0v) is 7.93. The Morgan fingerprint density at radius 2 is 2.14 bits per heavy atom. The van der Waals surface area contributed by atoms with E-state index in [1.807, 2.05) is 0 Å². The number of carbonyl (C=O) groups is 1. The molecule has 0 unspecified atom stereocenters. The number of rotatable bonds is 3. The van der Waals surface area contributed by atoms with Crippen molar-refractivity contribution in [1.29, 1.82) is 0 Å². The van der Waals surface area contributed by atoms with Crippen molar-refractivity contribution in [3.63, 3.8) is 0 Å². The Hall–Kier alpha value is -1.91. The lowest BCUT2D eigenvalue weighted by molar-refractivity contribution is -0.385. The van der Waals surface area contributed by atoms with Crippen LogP contribution >= 0.6 is 0 Å². The van der Waals surface area contributed by atoms with E-state index in [9.17, 15) is 14.9 Å². The zero-order chi connectivity index (χ0) is 10.7. The Kier molecular flexibility index (Phi) is 2.81. The molecular formula is C9H10N2O3. The first kappa shape index (κ1) is 10.2. The summed E-state index contributed by atoms with van der Waals surface area (Å²) in [5.74, 6) is 0. The second-order valence-corrected chi connectivity index (χ2v) is 2.94. The molecule has 1 amide bonds. The normalized spacial score (nSPS) is 9.57. The molecule has 14 heavy (non-hydrogen) atoms. The maximum absolute atomic E-state index is 10.6. The van der Waals surface area contributed by atoms with E-state index in [1.54, 1.807) is 26.1 Å². The summed E-state index contributed by atoms with van der Waals surface area (Å²) in [5.41, 5.74) is 1.12. The van der Waals surface area contributed by atoms with E-state index in [4.69, 9.17) is 0 Å². The molecule has 0 spiro atoms. The van der Waals surface area contributed by atoms with Gasteiger partial charge in [0.2, 0.25) is 6.41 Å². The summed E-state index contributed by atoms with van der Waals surface area (Å²) in [4.78, 5) is 21.8. The van der Waals surface area contributed by atoms with Gasteiger partial charge in [-0.15, -0.1) is 0 Å². The molecule has 74 valence electrons. The Balaban J connectivity index is 3.19. The highest BCUT2D eigenvalue weighted by molar-refractivity contribution is 5.75. The van der Waals surface area contributed by atoms with Gasteiger partial charge >= 0.3 is 0 Å². The molecule has 1 rings (SSSR count). The Morgan fingerprint density at radius 3 is 2.64 bits per heavy atom. The Morgan fingerprint density at radius 1 is 1.50 bits per heavy atom. The third-order valence-corrected chi connectivity index (χ3v) is 1.95. The van der Waals surface area contributed by atoms with Crippen LogP contribution in [0.2, 0.25) is 0 Å². The first-order chi connectivity index (χ1) is 6.56. The number of hydrogen-bond acceptors (Lipinski definition) is 3. The molecule has 5 nitrogen and oxygen atoms in total. The third kappa shape index (κ3) is 1.87. The molecule has 0 saturated carbocycles. The van der Waals surface area contributed by atoms with Gasteiger partial charge in [0.1, 0.15) is 0 Å². The molecule has 0 fully saturated rings. The fraction of sp³-hybridized carbons (Fsp3) is 0.222. The molecule has 0 aliphatic rings. The molecule has 1 aromatic rings. The monoisotopic (exact) mass is 194 g/mol. The van der Waals surface area contributed by atoms with Gasteiger partial charge in [0.25, 0.3) is 5.69 Å². The summed E-state index contributed by atoms with van der Waals surface area (Å²) in [6.07, 6.45) is 0.606. The summed E-state index contributed by atoms with van der Waals surface area (Å²) >= 11 is 0. The standard InChI is InChI=1S/C9H10N2O3/c1-7-3-4-8(10(2)6-12)5-9(7)11(13)14/h3-6H,1-2H3. The molecule has 0 heterocycles. The van der Waals surface area contributed by atoms with Crippen LogP contribution in [0.4, 0.5) is 11.4 Å². The predicted molar refractivity (Wildman–Crippen MR) is 52.3 cm³/mol. The topological polar surface area (TPSA) is 63.5 Å². The summed E-state index contributed by atoms with van der Waals surface area (Å²) in [5, 5.41) is 10.6. The predicted octanol–water partition coefficient (Wildman–Crippen LogP) is 1.50. The minimum absolute atomic E-state index is 0.0243. The van der Waals surface area contributed by atoms with Crippen LogP contribution in [0, 0.1) is 17.0 Å². The molecule has 0 radical (unpaired) electrons. The number of carbonyl (C=O) groups excluding carboxylic acids is 1. The highest BCUT2D eigenvalue weighted by atomic mass is 16.6. The van der Waals surface area contributed by atoms with Crippen LogP contribution in [0.5, 0.6) is 0 Å². The molecule has 5 heteroatoms. The minimum atomic E-state index is -0.461. The molecular weight excluding hydrogens is 184 g/mol. The second kappa shape index (κ2) is 3.87. The number of nitro groups is 1. The number of benzene rings is 1. The van der Waals surface area contributed by atoms with Crippen LogP contribution in [0.15, 0.2) is 18.2 Å². The van der Waals surface area contributed by atoms with E-state index in [-0.39, 0.29) is 5.69 Å². The first-order valence-electron chi connectivity index (χ1n) is 3.99. The molecule has 0 aliphatic carbocycles. The highest BCUT2D eigenvalue weighted by Gasteiger charge is 2.12. The molecule has 0 aromatic heterocycles. The highest BCUT2D eigenvalue weighted by Crippen LogP contribution is 2.23. The van der Waals surface area contributed by atoms with Crippen molar-refractivity contribution in [2.75, 3.05) is 11.9 Å². The van der Waals surface area contributed by atoms with Crippen molar-refractivity contribution < 1.29 is 9.72 Å². The van der Waals surface area contributed by atoms with Gasteiger partial charge in [-0.1, -0.05) is 6.07 Å². The van der Waals surface area contributed by atoms with Crippen molar-refractivity contribution >= 4 is 17.8 Å². The van der Waals surface area contributed by atoms with Crippen molar-refractivity contribution in [2.24, 2.45) is 0 Å². The smallest absolute Gasteiger partial charge is 0.274 e. The van der Waals surface area contributed by atoms with E-state index < -0.39 is 4.92 Å². The van der Waals surface area contributed by atoms with Crippen molar-refractivity contribution in [1.82, 2.24) is 0 Å². The Labute approximate surface area is 81.1 Å². The maximum atomic E-state index is 10.6. The average Bonchev–Trinajstić information content (AvgIpc) is 2.17. The van der Waals surface area contributed by atoms with Gasteiger partial charge < -0.3 is 4.90 Å². The quantitative estimate of drug-likeness (QED) is 0.416. The van der Waals surface area contributed by atoms with Gasteiger partial charge in [-0.2, -0.15) is 0 Å². The SMILES string of the molecule is Cc1ccc(N(C)C=O)cc1[N+](=O)[O-]. The van der Waals surface area contributed by atoms with Crippen LogP contribution < -0.4 is 4.90 Å². The van der Waals surface area contributed by atoms with Gasteiger partial charge in [0.15, 0.2) is 0 Å². The fourth-order valence-electron chi connectivity index (χ4n) is 1.07. The number of nitro benzene ring substituents is 1. The van der Waals surface area contributed by atoms with Gasteiger partial charge in [0.05, 0.1) is 4.92 Å². The lowest BCUT2D eigenvalue weighted by Gasteiger charge is -2.10. The lowest BCUT2D eigenvalue weighted by atomic mass is 10.2. The molecule has 0 aliphatic heterocycles. The van der Waals surface area contributed by atoms with Crippen LogP contribution in [-0.2, 0) is 4.79 Å². The van der Waals surface area contributed by atoms with E-state index in [1.165, 1.54) is 11.0 Å². The summed E-state index contributed by atoms with van der Waals surface area (Å²) < 4.78 is 0. The summed E-state index contributed by atoms with van der Waals surface area (Å²) in [6.45, 7) is 1.66. The van der Waals surface area contributed by atoms with E-state index >= 15 is 0 Å². The largest absolute Gasteiger partial charge is 0.318 e. The lowest BCUT2D eigenvalue weighted by Crippen LogP contribution is -2.13. The van der Waals surface area contributed by atoms with Crippen molar-refractivity contribution in [3.05, 3.63) is 33.9 Å². The van der Waals surface area contributed by atoms with Crippen molar-refractivity contribution in [3.8, 4) is 0 Å². The molecule has 1 aromatic carbocycles. The number of hydrogen-bond donors (Lipinski definition) is 0. The number of nitrogens with zero attached hydrogens (tertiary/aromatic N) is 2. The minimum Gasteiger partial charge on any atom is -0.318 e. The first-order valence-corrected chi connectivity index (χ1v) is 3.99. The van der Waals surface area contributed by atoms with E-state index in [2.05, 4.69) is 0 Å². The summed E-state index contributed by atoms with van der Waals surface area (Å²) in [7, 11) is 1.54. The zero-order valence-electron chi connectivity index (χ0n) is 7.93. The van der Waals surface area contributed by atoms with Gasteiger partial charge in [0, 0.05) is 24.4 Å². The van der Waals surface area contributed by atoms with Crippen LogP contribution in [0.3, 0.4) is 0 Å². The van der Waals surface area contributed by atoms with Crippen LogP contribution in [-0.4, -0.2) is 18.4 Å². The second-order valence-electron chi connectivity index (χ2n) is 2.94. The van der Waals surface area contributed by atoms with Crippen LogP contribution in [0.25, 0.3) is 0 Å². The Bertz CT molecular complexity index is 376. The number of amides is 1. The third-order valence-electron chi connectivity index (χ3n) is 1.95. The number of anilines is 1. The van der Waals surface area contributed by atoms with E-state index in [0.717, 1.165) is 0 Å². The van der Waals surface area contributed by atoms with Gasteiger partial charge in [-0.05, 0) is 13.0 Å². The fourth-order valence-corrected chi connectivity index (χ4v) is 1.07. The number of aryl methyl sites for hydroxylation is 1.